The molecule has 10 heteroatoms. The zero-order chi connectivity index (χ0) is 19.9. The maximum atomic E-state index is 12.9. The highest BCUT2D eigenvalue weighted by Crippen LogP contribution is 2.39. The van der Waals surface area contributed by atoms with Gasteiger partial charge in [-0.1, -0.05) is 31.9 Å². The van der Waals surface area contributed by atoms with Gasteiger partial charge in [-0.05, 0) is 47.5 Å². The molecule has 2 aromatic rings. The van der Waals surface area contributed by atoms with Crippen molar-refractivity contribution in [1.82, 2.24) is 0 Å². The van der Waals surface area contributed by atoms with Crippen LogP contribution in [0.5, 0.6) is 0 Å². The summed E-state index contributed by atoms with van der Waals surface area (Å²) in [6.45, 7) is 0. The van der Waals surface area contributed by atoms with Crippen molar-refractivity contribution in [3.8, 4) is 0 Å². The van der Waals surface area contributed by atoms with E-state index in [1.165, 1.54) is 12.1 Å². The zero-order valence-electron chi connectivity index (χ0n) is 12.8. The summed E-state index contributed by atoms with van der Waals surface area (Å²) < 4.78 is 78.0. The van der Waals surface area contributed by atoms with Gasteiger partial charge in [-0.3, -0.25) is 0 Å². The molecular formula is C16H12Br2F6N2. The lowest BCUT2D eigenvalue weighted by Gasteiger charge is -2.24. The van der Waals surface area contributed by atoms with E-state index >= 15 is 0 Å². The first kappa shape index (κ1) is 21.2. The first-order valence-corrected chi connectivity index (χ1v) is 8.65. The van der Waals surface area contributed by atoms with Crippen molar-refractivity contribution in [3.63, 3.8) is 0 Å². The van der Waals surface area contributed by atoms with E-state index in [1.54, 1.807) is 0 Å². The van der Waals surface area contributed by atoms with Crippen LogP contribution in [-0.4, -0.2) is 0 Å². The van der Waals surface area contributed by atoms with Crippen molar-refractivity contribution in [3.05, 3.63) is 67.6 Å². The average Bonchev–Trinajstić information content (AvgIpc) is 2.52. The molecule has 2 rings (SSSR count). The molecule has 2 unspecified atom stereocenters. The Kier molecular flexibility index (Phi) is 6.11. The Labute approximate surface area is 161 Å². The summed E-state index contributed by atoms with van der Waals surface area (Å²) in [6.07, 6.45) is -9.17. The summed E-state index contributed by atoms with van der Waals surface area (Å²) in [4.78, 5) is 0. The minimum atomic E-state index is -4.59. The Balaban J connectivity index is 2.46. The number of rotatable bonds is 3. The van der Waals surface area contributed by atoms with E-state index in [1.807, 2.05) is 0 Å². The monoisotopic (exact) mass is 504 g/mol. The van der Waals surface area contributed by atoms with Crippen LogP contribution in [0.15, 0.2) is 45.3 Å². The van der Waals surface area contributed by atoms with Crippen molar-refractivity contribution in [1.29, 1.82) is 0 Å². The third-order valence-electron chi connectivity index (χ3n) is 3.75. The number of halogens is 8. The topological polar surface area (TPSA) is 52.0 Å². The molecule has 26 heavy (non-hydrogen) atoms. The van der Waals surface area contributed by atoms with Crippen LogP contribution in [0.3, 0.4) is 0 Å². The van der Waals surface area contributed by atoms with E-state index in [2.05, 4.69) is 31.9 Å². The van der Waals surface area contributed by atoms with Crippen LogP contribution in [0.25, 0.3) is 0 Å². The van der Waals surface area contributed by atoms with Gasteiger partial charge in [-0.25, -0.2) is 0 Å². The van der Waals surface area contributed by atoms with Crippen LogP contribution < -0.4 is 11.5 Å². The number of benzene rings is 2. The van der Waals surface area contributed by atoms with Crippen molar-refractivity contribution in [2.45, 2.75) is 24.4 Å². The molecule has 0 radical (unpaired) electrons. The van der Waals surface area contributed by atoms with Gasteiger partial charge < -0.3 is 11.5 Å². The molecule has 0 saturated heterocycles. The van der Waals surface area contributed by atoms with Crippen molar-refractivity contribution >= 4 is 31.9 Å². The lowest BCUT2D eigenvalue weighted by molar-refractivity contribution is -0.138. The quantitative estimate of drug-likeness (QED) is 0.506. The van der Waals surface area contributed by atoms with E-state index in [0.717, 1.165) is 24.3 Å². The Morgan fingerprint density at radius 1 is 0.654 bits per heavy atom. The molecule has 0 bridgehead atoms. The van der Waals surface area contributed by atoms with Gasteiger partial charge >= 0.3 is 12.4 Å². The van der Waals surface area contributed by atoms with Gasteiger partial charge in [0.2, 0.25) is 0 Å². The Hall–Kier alpha value is -1.10. The molecule has 2 atom stereocenters. The molecule has 0 aromatic heterocycles. The molecule has 0 aliphatic rings. The Morgan fingerprint density at radius 3 is 1.23 bits per heavy atom. The van der Waals surface area contributed by atoms with Gasteiger partial charge in [0.15, 0.2) is 0 Å². The van der Waals surface area contributed by atoms with Crippen LogP contribution in [-0.2, 0) is 12.4 Å². The highest BCUT2D eigenvalue weighted by atomic mass is 79.9. The first-order chi connectivity index (χ1) is 11.8. The molecule has 0 fully saturated rings. The summed E-state index contributed by atoms with van der Waals surface area (Å²) in [6, 6.07) is 3.39. The molecule has 0 aliphatic heterocycles. The van der Waals surface area contributed by atoms with Gasteiger partial charge in [-0.2, -0.15) is 26.3 Å². The number of alkyl halides is 6. The third-order valence-corrected chi connectivity index (χ3v) is 5.20. The smallest absolute Gasteiger partial charge is 0.322 e. The van der Waals surface area contributed by atoms with Crippen LogP contribution in [0.4, 0.5) is 26.3 Å². The van der Waals surface area contributed by atoms with Crippen molar-refractivity contribution in [2.75, 3.05) is 0 Å². The molecule has 142 valence electrons. The van der Waals surface area contributed by atoms with Crippen molar-refractivity contribution in [2.24, 2.45) is 11.5 Å². The van der Waals surface area contributed by atoms with Crippen LogP contribution >= 0.6 is 31.9 Å². The van der Waals surface area contributed by atoms with E-state index in [9.17, 15) is 26.3 Å². The molecule has 0 aliphatic carbocycles. The molecule has 0 saturated carbocycles. The van der Waals surface area contributed by atoms with Crippen LogP contribution in [0, 0.1) is 0 Å². The highest BCUT2D eigenvalue weighted by Gasteiger charge is 2.34. The summed E-state index contributed by atoms with van der Waals surface area (Å²) in [7, 11) is 0. The maximum Gasteiger partial charge on any atom is 0.416 e. The fourth-order valence-corrected chi connectivity index (χ4v) is 3.36. The number of nitrogens with two attached hydrogens (primary N) is 2. The first-order valence-electron chi connectivity index (χ1n) is 7.07. The summed E-state index contributed by atoms with van der Waals surface area (Å²) >= 11 is 6.22. The van der Waals surface area contributed by atoms with Crippen LogP contribution in [0.2, 0.25) is 0 Å². The average molecular weight is 506 g/mol. The molecule has 2 aromatic carbocycles. The van der Waals surface area contributed by atoms with Gasteiger partial charge in [-0.15, -0.1) is 0 Å². The zero-order valence-corrected chi connectivity index (χ0v) is 16.0. The molecule has 0 heterocycles. The van der Waals surface area contributed by atoms with E-state index in [4.69, 9.17) is 11.5 Å². The normalized spacial score (nSPS) is 15.0. The second-order valence-corrected chi connectivity index (χ2v) is 7.23. The third kappa shape index (κ3) is 4.59. The molecular weight excluding hydrogens is 494 g/mol. The lowest BCUT2D eigenvalue weighted by Crippen LogP contribution is -2.28. The fraction of sp³-hybridized carbons (Fsp3) is 0.250. The highest BCUT2D eigenvalue weighted by molar-refractivity contribution is 9.10. The molecule has 0 amide bonds. The SMILES string of the molecule is NC(c1cc(C(F)(F)F)ccc1Br)C(N)c1cc(C(F)(F)F)ccc1Br. The Morgan fingerprint density at radius 2 is 0.962 bits per heavy atom. The summed E-state index contributed by atoms with van der Waals surface area (Å²) in [5.74, 6) is 0. The number of hydrogen-bond acceptors (Lipinski definition) is 2. The predicted octanol–water partition coefficient (Wildman–Crippen LogP) is 5.95. The fourth-order valence-electron chi connectivity index (χ4n) is 2.34. The van der Waals surface area contributed by atoms with E-state index in [0.29, 0.717) is 0 Å². The largest absolute Gasteiger partial charge is 0.416 e. The lowest BCUT2D eigenvalue weighted by atomic mass is 9.92. The minimum absolute atomic E-state index is 0.0386. The van der Waals surface area contributed by atoms with Gasteiger partial charge in [0.05, 0.1) is 23.2 Å². The second-order valence-electron chi connectivity index (χ2n) is 5.52. The molecule has 0 spiro atoms. The summed E-state index contributed by atoms with van der Waals surface area (Å²) in [5.41, 5.74) is 10.2. The molecule has 4 N–H and O–H groups in total. The Bertz CT molecular complexity index is 737. The van der Waals surface area contributed by atoms with Gasteiger partial charge in [0.25, 0.3) is 0 Å². The van der Waals surface area contributed by atoms with E-state index in [-0.39, 0.29) is 20.1 Å². The van der Waals surface area contributed by atoms with Gasteiger partial charge in [0, 0.05) is 8.95 Å². The van der Waals surface area contributed by atoms with Crippen molar-refractivity contribution < 1.29 is 26.3 Å². The maximum absolute atomic E-state index is 12.9. The minimum Gasteiger partial charge on any atom is -0.322 e. The number of hydrogen-bond donors (Lipinski definition) is 2. The second kappa shape index (κ2) is 7.49. The molecule has 2 nitrogen and oxygen atoms in total. The van der Waals surface area contributed by atoms with Crippen LogP contribution in [0.1, 0.15) is 34.3 Å². The van der Waals surface area contributed by atoms with E-state index < -0.39 is 35.6 Å². The predicted molar refractivity (Wildman–Crippen MR) is 92.1 cm³/mol. The standard InChI is InChI=1S/C16H12Br2F6N2/c17-11-3-1-7(15(19,20)21)5-9(11)13(25)14(26)10-6-8(16(22,23)24)2-4-12(10)18/h1-6,13-14H,25-26H2. The summed E-state index contributed by atoms with van der Waals surface area (Å²) in [5, 5.41) is 0. The van der Waals surface area contributed by atoms with Gasteiger partial charge in [0.1, 0.15) is 0 Å².